The highest BCUT2D eigenvalue weighted by Gasteiger charge is 2.09. The Labute approximate surface area is 154 Å². The second kappa shape index (κ2) is 9.09. The van der Waals surface area contributed by atoms with Crippen LogP contribution < -0.4 is 10.7 Å². The molecular weight excluding hydrogens is 352 g/mol. The molecule has 0 saturated carbocycles. The Bertz CT molecular complexity index is 878. The number of hydrazone groups is 1. The summed E-state index contributed by atoms with van der Waals surface area (Å²) in [7, 11) is 0. The second-order valence-electron chi connectivity index (χ2n) is 5.71. The summed E-state index contributed by atoms with van der Waals surface area (Å²) in [5, 5.41) is 26.7. The van der Waals surface area contributed by atoms with Gasteiger partial charge in [-0.05, 0) is 25.1 Å². The summed E-state index contributed by atoms with van der Waals surface area (Å²) in [4.78, 5) is 33.6. The molecule has 2 amide bonds. The van der Waals surface area contributed by atoms with Crippen LogP contribution in [0.15, 0.2) is 47.6 Å². The van der Waals surface area contributed by atoms with Crippen molar-refractivity contribution in [2.45, 2.75) is 19.8 Å². The third-order valence-corrected chi connectivity index (χ3v) is 3.53. The van der Waals surface area contributed by atoms with Crippen LogP contribution in [-0.2, 0) is 9.59 Å². The van der Waals surface area contributed by atoms with Crippen LogP contribution in [0.3, 0.4) is 0 Å². The van der Waals surface area contributed by atoms with E-state index in [1.165, 1.54) is 0 Å². The number of aryl methyl sites for hydroxylation is 1. The normalized spacial score (nSPS) is 10.6. The van der Waals surface area contributed by atoms with Crippen LogP contribution in [-0.4, -0.2) is 28.1 Å². The predicted octanol–water partition coefficient (Wildman–Crippen LogP) is 2.48. The number of rotatable bonds is 7. The van der Waals surface area contributed by atoms with Crippen LogP contribution in [0.4, 0.5) is 11.4 Å². The summed E-state index contributed by atoms with van der Waals surface area (Å²) in [6.45, 7) is 1.93. The number of phenols is 1. The number of hydrogen-bond acceptors (Lipinski definition) is 6. The van der Waals surface area contributed by atoms with E-state index in [9.17, 15) is 24.8 Å². The standard InChI is InChI=1S/C18H18N4O5/c1-12-2-4-14(5-3-12)20-17(24)8-9-18(25)21-19-11-13-10-15(22(26)27)6-7-16(13)23/h2-7,10-11,23H,8-9H2,1H3,(H,20,24)(H,21,25)/b19-11+. The molecule has 0 heterocycles. The number of phenolic OH excluding ortho intramolecular Hbond substituents is 1. The first-order valence-electron chi connectivity index (χ1n) is 8.01. The van der Waals surface area contributed by atoms with E-state index in [1.807, 2.05) is 19.1 Å². The van der Waals surface area contributed by atoms with E-state index in [0.717, 1.165) is 30.0 Å². The van der Waals surface area contributed by atoms with Crippen molar-refractivity contribution in [3.05, 3.63) is 63.7 Å². The van der Waals surface area contributed by atoms with Gasteiger partial charge in [0.15, 0.2) is 0 Å². The Morgan fingerprint density at radius 3 is 2.48 bits per heavy atom. The molecule has 9 nitrogen and oxygen atoms in total. The number of non-ortho nitro benzene ring substituents is 1. The molecule has 0 bridgehead atoms. The number of nitrogens with zero attached hydrogens (tertiary/aromatic N) is 2. The Hall–Kier alpha value is -3.75. The largest absolute Gasteiger partial charge is 0.507 e. The molecule has 2 aromatic rings. The molecule has 0 atom stereocenters. The van der Waals surface area contributed by atoms with Crippen molar-refractivity contribution < 1.29 is 19.6 Å². The smallest absolute Gasteiger partial charge is 0.270 e. The number of benzene rings is 2. The molecule has 0 fully saturated rings. The van der Waals surface area contributed by atoms with Crippen LogP contribution in [0.1, 0.15) is 24.0 Å². The maximum atomic E-state index is 11.8. The van der Waals surface area contributed by atoms with Crippen molar-refractivity contribution in [1.82, 2.24) is 5.43 Å². The lowest BCUT2D eigenvalue weighted by molar-refractivity contribution is -0.384. The van der Waals surface area contributed by atoms with Gasteiger partial charge in [-0.3, -0.25) is 19.7 Å². The third kappa shape index (κ3) is 6.24. The fourth-order valence-corrected chi connectivity index (χ4v) is 2.08. The molecule has 0 unspecified atom stereocenters. The topological polar surface area (TPSA) is 134 Å². The van der Waals surface area contributed by atoms with Crippen LogP contribution in [0, 0.1) is 17.0 Å². The number of carbonyl (C=O) groups excluding carboxylic acids is 2. The first kappa shape index (κ1) is 19.6. The first-order chi connectivity index (χ1) is 12.8. The van der Waals surface area contributed by atoms with E-state index in [4.69, 9.17) is 0 Å². The number of nitro benzene ring substituents is 1. The van der Waals surface area contributed by atoms with E-state index in [0.29, 0.717) is 5.69 Å². The fourth-order valence-electron chi connectivity index (χ4n) is 2.08. The maximum Gasteiger partial charge on any atom is 0.270 e. The van der Waals surface area contributed by atoms with Crippen LogP contribution in [0.2, 0.25) is 0 Å². The molecule has 0 aliphatic carbocycles. The Morgan fingerprint density at radius 1 is 1.15 bits per heavy atom. The number of nitro groups is 1. The van der Waals surface area contributed by atoms with Gasteiger partial charge in [-0.1, -0.05) is 17.7 Å². The Morgan fingerprint density at radius 2 is 1.81 bits per heavy atom. The van der Waals surface area contributed by atoms with Gasteiger partial charge in [0.05, 0.1) is 11.1 Å². The lowest BCUT2D eigenvalue weighted by Gasteiger charge is -2.05. The minimum absolute atomic E-state index is 0.0305. The number of amides is 2. The zero-order chi connectivity index (χ0) is 19.8. The van der Waals surface area contributed by atoms with Gasteiger partial charge in [-0.2, -0.15) is 5.10 Å². The molecule has 0 spiro atoms. The summed E-state index contributed by atoms with van der Waals surface area (Å²) in [6.07, 6.45) is 0.972. The van der Waals surface area contributed by atoms with Gasteiger partial charge in [-0.25, -0.2) is 5.43 Å². The quantitative estimate of drug-likeness (QED) is 0.391. The van der Waals surface area contributed by atoms with Crippen LogP contribution in [0.25, 0.3) is 0 Å². The van der Waals surface area contributed by atoms with Crippen molar-refractivity contribution in [3.63, 3.8) is 0 Å². The van der Waals surface area contributed by atoms with Gasteiger partial charge >= 0.3 is 0 Å². The lowest BCUT2D eigenvalue weighted by Crippen LogP contribution is -2.20. The summed E-state index contributed by atoms with van der Waals surface area (Å²) < 4.78 is 0. The molecule has 0 aliphatic rings. The van der Waals surface area contributed by atoms with Crippen LogP contribution in [0.5, 0.6) is 5.75 Å². The number of anilines is 1. The molecule has 2 rings (SSSR count). The molecule has 9 heteroatoms. The zero-order valence-corrected chi connectivity index (χ0v) is 14.5. The summed E-state index contributed by atoms with van der Waals surface area (Å²) >= 11 is 0. The van der Waals surface area contributed by atoms with Gasteiger partial charge in [0.2, 0.25) is 11.8 Å². The average Bonchev–Trinajstić information content (AvgIpc) is 2.63. The summed E-state index contributed by atoms with van der Waals surface area (Å²) in [6, 6.07) is 10.7. The van der Waals surface area contributed by atoms with Gasteiger partial charge in [-0.15, -0.1) is 0 Å². The molecule has 2 aromatic carbocycles. The molecule has 0 saturated heterocycles. The molecule has 0 aliphatic heterocycles. The van der Waals surface area contributed by atoms with E-state index in [-0.39, 0.29) is 35.7 Å². The second-order valence-corrected chi connectivity index (χ2v) is 5.71. The Balaban J connectivity index is 1.81. The summed E-state index contributed by atoms with van der Waals surface area (Å²) in [5.41, 5.74) is 3.79. The van der Waals surface area contributed by atoms with E-state index in [2.05, 4.69) is 15.8 Å². The molecule has 3 N–H and O–H groups in total. The Kier molecular flexibility index (Phi) is 6.59. The van der Waals surface area contributed by atoms with Gasteiger partial charge in [0.25, 0.3) is 5.69 Å². The highest BCUT2D eigenvalue weighted by Crippen LogP contribution is 2.21. The van der Waals surface area contributed by atoms with E-state index >= 15 is 0 Å². The molecule has 0 radical (unpaired) electrons. The number of aromatic hydroxyl groups is 1. The zero-order valence-electron chi connectivity index (χ0n) is 14.5. The van der Waals surface area contributed by atoms with Crippen molar-refractivity contribution in [3.8, 4) is 5.75 Å². The monoisotopic (exact) mass is 370 g/mol. The van der Waals surface area contributed by atoms with Gasteiger partial charge in [0, 0.05) is 36.2 Å². The molecule has 27 heavy (non-hydrogen) atoms. The highest BCUT2D eigenvalue weighted by atomic mass is 16.6. The minimum Gasteiger partial charge on any atom is -0.507 e. The fraction of sp³-hybridized carbons (Fsp3) is 0.167. The van der Waals surface area contributed by atoms with Crippen molar-refractivity contribution >= 4 is 29.4 Å². The molecule has 140 valence electrons. The third-order valence-electron chi connectivity index (χ3n) is 3.53. The maximum absolute atomic E-state index is 11.8. The van der Waals surface area contributed by atoms with Gasteiger partial charge < -0.3 is 10.4 Å². The summed E-state index contributed by atoms with van der Waals surface area (Å²) in [5.74, 6) is -1.03. The van der Waals surface area contributed by atoms with Crippen molar-refractivity contribution in [2.24, 2.45) is 5.10 Å². The molecule has 0 aromatic heterocycles. The van der Waals surface area contributed by atoms with E-state index in [1.54, 1.807) is 12.1 Å². The van der Waals surface area contributed by atoms with E-state index < -0.39 is 10.8 Å². The lowest BCUT2D eigenvalue weighted by atomic mass is 10.2. The highest BCUT2D eigenvalue weighted by molar-refractivity contribution is 5.93. The van der Waals surface area contributed by atoms with Crippen molar-refractivity contribution in [2.75, 3.05) is 5.32 Å². The number of nitrogens with one attached hydrogen (secondary N) is 2. The SMILES string of the molecule is Cc1ccc(NC(=O)CCC(=O)N/N=C/c2cc([N+](=O)[O-])ccc2O)cc1. The average molecular weight is 370 g/mol. The first-order valence-corrected chi connectivity index (χ1v) is 8.01. The predicted molar refractivity (Wildman–Crippen MR) is 99.5 cm³/mol. The number of carbonyl (C=O) groups is 2. The molecular formula is C18H18N4O5. The van der Waals surface area contributed by atoms with Gasteiger partial charge in [0.1, 0.15) is 5.75 Å². The van der Waals surface area contributed by atoms with Crippen molar-refractivity contribution in [1.29, 1.82) is 0 Å². The minimum atomic E-state index is -0.609. The number of hydrogen-bond donors (Lipinski definition) is 3. The van der Waals surface area contributed by atoms with Crippen LogP contribution >= 0.6 is 0 Å².